The number of fused-ring (bicyclic) bond motifs is 8. The number of nitrogens with one attached hydrogen (secondary N) is 1. The molecule has 0 atom stereocenters. The number of rotatable bonds is 7. The number of aromatic nitrogens is 2. The second-order valence-electron chi connectivity index (χ2n) is 15.9. The van der Waals surface area contributed by atoms with E-state index in [4.69, 9.17) is 0 Å². The maximum absolute atomic E-state index is 4.09. The van der Waals surface area contributed by atoms with Crippen molar-refractivity contribution in [2.45, 2.75) is 6.92 Å². The lowest BCUT2D eigenvalue weighted by molar-refractivity contribution is 1.18. The third-order valence-corrected chi connectivity index (χ3v) is 12.4. The lowest BCUT2D eigenvalue weighted by Crippen LogP contribution is -2.37. The van der Waals surface area contributed by atoms with Crippen molar-refractivity contribution >= 4 is 90.3 Å². The molecule has 0 aliphatic carbocycles. The van der Waals surface area contributed by atoms with Crippen LogP contribution in [0.4, 0.5) is 28.4 Å². The van der Waals surface area contributed by atoms with Crippen LogP contribution in [0.5, 0.6) is 0 Å². The van der Waals surface area contributed by atoms with Gasteiger partial charge in [-0.25, -0.2) is 0 Å². The Bertz CT molecular complexity index is 3400. The predicted octanol–water partition coefficient (Wildman–Crippen LogP) is 12.8. The van der Waals surface area contributed by atoms with E-state index in [0.717, 1.165) is 52.5 Å². The van der Waals surface area contributed by atoms with Crippen molar-refractivity contribution in [2.75, 3.05) is 10.2 Å². The third-order valence-electron chi connectivity index (χ3n) is 12.4. The van der Waals surface area contributed by atoms with E-state index in [-0.39, 0.29) is 0 Å². The molecule has 12 rings (SSSR count). The van der Waals surface area contributed by atoms with Crippen molar-refractivity contribution in [1.82, 2.24) is 9.13 Å². The van der Waals surface area contributed by atoms with Crippen molar-refractivity contribution in [3.8, 4) is 22.5 Å². The summed E-state index contributed by atoms with van der Waals surface area (Å²) in [6.45, 7) is 2.19. The molecule has 2 aromatic heterocycles. The Balaban J connectivity index is 1.24. The molecule has 9 aromatic carbocycles. The molecule has 0 unspecified atom stereocenters. The largest absolute Gasteiger partial charge is 0.353 e. The van der Waals surface area contributed by atoms with E-state index in [1.807, 2.05) is 0 Å². The molecule has 4 nitrogen and oxygen atoms in total. The summed E-state index contributed by atoms with van der Waals surface area (Å²) in [4.78, 5) is 2.40. The van der Waals surface area contributed by atoms with Gasteiger partial charge in [-0.15, -0.1) is 0 Å². The zero-order valence-corrected chi connectivity index (χ0v) is 33.2. The maximum Gasteiger partial charge on any atom is 0.198 e. The molecule has 0 fully saturated rings. The van der Waals surface area contributed by atoms with Gasteiger partial charge in [-0.2, -0.15) is 0 Å². The molecule has 282 valence electrons. The molecule has 0 bridgehead atoms. The smallest absolute Gasteiger partial charge is 0.198 e. The fourth-order valence-electron chi connectivity index (χ4n) is 9.77. The van der Waals surface area contributed by atoms with Gasteiger partial charge in [0.25, 0.3) is 0 Å². The van der Waals surface area contributed by atoms with Crippen molar-refractivity contribution in [3.05, 3.63) is 212 Å². The van der Waals surface area contributed by atoms with E-state index in [1.165, 1.54) is 65.8 Å². The fourth-order valence-corrected chi connectivity index (χ4v) is 9.77. The molecule has 0 radical (unpaired) electrons. The first kappa shape index (κ1) is 34.3. The normalized spacial score (nSPS) is 11.9. The monoisotopic (exact) mass is 766 g/mol. The molecule has 1 N–H and O–H groups in total. The molecule has 0 saturated carbocycles. The topological polar surface area (TPSA) is 25.1 Å². The summed E-state index contributed by atoms with van der Waals surface area (Å²) in [5, 5.41) is 9.09. The molecule has 3 heterocycles. The first-order valence-corrected chi connectivity index (χ1v) is 20.7. The van der Waals surface area contributed by atoms with Crippen LogP contribution < -0.4 is 21.1 Å². The van der Waals surface area contributed by atoms with Crippen LogP contribution in [0.3, 0.4) is 0 Å². The average molecular weight is 767 g/mol. The second-order valence-corrected chi connectivity index (χ2v) is 15.9. The summed E-state index contributed by atoms with van der Waals surface area (Å²) < 4.78 is 4.98. The maximum atomic E-state index is 4.09. The van der Waals surface area contributed by atoms with E-state index in [2.05, 4.69) is 233 Å². The highest BCUT2D eigenvalue weighted by atomic mass is 15.1. The van der Waals surface area contributed by atoms with Gasteiger partial charge < -0.3 is 19.4 Å². The lowest BCUT2D eigenvalue weighted by Gasteiger charge is -2.30. The zero-order valence-electron chi connectivity index (χ0n) is 33.2. The highest BCUT2D eigenvalue weighted by Gasteiger charge is 2.29. The van der Waals surface area contributed by atoms with Crippen LogP contribution in [-0.2, 0) is 0 Å². The molecular formula is C55H39BN4. The average Bonchev–Trinajstić information content (AvgIpc) is 3.83. The minimum Gasteiger partial charge on any atom is -0.353 e. The fraction of sp³-hybridized carbons (Fsp3) is 0.0182. The van der Waals surface area contributed by atoms with Crippen molar-refractivity contribution in [3.63, 3.8) is 0 Å². The van der Waals surface area contributed by atoms with Crippen LogP contribution in [0.15, 0.2) is 206 Å². The van der Waals surface area contributed by atoms with Gasteiger partial charge in [0.15, 0.2) is 7.28 Å². The minimum absolute atomic E-state index is 0.804. The van der Waals surface area contributed by atoms with E-state index in [9.17, 15) is 0 Å². The zero-order chi connectivity index (χ0) is 39.7. The van der Waals surface area contributed by atoms with Gasteiger partial charge in [-0.05, 0) is 90.2 Å². The molecule has 0 amide bonds. The molecular weight excluding hydrogens is 727 g/mol. The summed E-state index contributed by atoms with van der Waals surface area (Å²) in [6, 6.07) is 75.1. The number of para-hydroxylation sites is 7. The summed E-state index contributed by atoms with van der Waals surface area (Å²) in [5.74, 6) is 0. The Morgan fingerprint density at radius 1 is 0.450 bits per heavy atom. The van der Waals surface area contributed by atoms with Gasteiger partial charge in [-0.3, -0.25) is 0 Å². The van der Waals surface area contributed by atoms with Crippen LogP contribution in [0.1, 0.15) is 5.56 Å². The summed E-state index contributed by atoms with van der Waals surface area (Å²) in [7, 11) is 0.804. The lowest BCUT2D eigenvalue weighted by atomic mass is 9.59. The van der Waals surface area contributed by atoms with Crippen LogP contribution in [0.2, 0.25) is 0 Å². The number of hydrogen-bond acceptors (Lipinski definition) is 2. The van der Waals surface area contributed by atoms with Crippen molar-refractivity contribution < 1.29 is 0 Å². The molecule has 1 aliphatic heterocycles. The summed E-state index contributed by atoms with van der Waals surface area (Å²) in [6.07, 6.45) is 0. The Morgan fingerprint density at radius 3 is 1.73 bits per heavy atom. The standard InChI is InChI=1S/C55H39BN4/c1-36-18-11-14-29-48(36)57-53-43(32-33-45-42-26-12-15-30-49(42)59(55(45)53)39-23-9-4-10-24-39)46-34-40(58(37-19-5-2-6-20-37)38-21-7-3-8-22-38)35-51-52(46)56-47-28-17-27-44-41-25-13-16-31-50(41)60(51)54(44)47/h2-35,56-57H,1H3. The predicted molar refractivity (Wildman–Crippen MR) is 256 cm³/mol. The molecule has 0 saturated heterocycles. The Hall–Kier alpha value is -7.76. The number of benzene rings is 9. The van der Waals surface area contributed by atoms with Gasteiger partial charge in [0.05, 0.1) is 22.2 Å². The second kappa shape index (κ2) is 13.7. The highest BCUT2D eigenvalue weighted by molar-refractivity contribution is 6.73. The minimum atomic E-state index is 0.804. The first-order chi connectivity index (χ1) is 29.7. The third kappa shape index (κ3) is 5.26. The van der Waals surface area contributed by atoms with Gasteiger partial charge in [0.1, 0.15) is 0 Å². The SMILES string of the molecule is Cc1ccccc1Nc1c(-c2cc(N(c3ccccc3)c3ccccc3)cc3c2Bc2cccc4c5ccccc5n-3c24)ccc2c3ccccc3n(-c3ccccc3)c12. The van der Waals surface area contributed by atoms with Crippen molar-refractivity contribution in [2.24, 2.45) is 0 Å². The number of anilines is 5. The van der Waals surface area contributed by atoms with Gasteiger partial charge in [-0.1, -0.05) is 145 Å². The van der Waals surface area contributed by atoms with Crippen molar-refractivity contribution in [1.29, 1.82) is 0 Å². The van der Waals surface area contributed by atoms with Crippen LogP contribution in [-0.4, -0.2) is 16.4 Å². The van der Waals surface area contributed by atoms with Gasteiger partial charge >= 0.3 is 0 Å². The first-order valence-electron chi connectivity index (χ1n) is 20.7. The van der Waals surface area contributed by atoms with E-state index in [0.29, 0.717) is 0 Å². The van der Waals surface area contributed by atoms with E-state index in [1.54, 1.807) is 0 Å². The van der Waals surface area contributed by atoms with E-state index >= 15 is 0 Å². The summed E-state index contributed by atoms with van der Waals surface area (Å²) in [5.41, 5.74) is 18.8. The molecule has 11 aromatic rings. The van der Waals surface area contributed by atoms with Gasteiger partial charge in [0.2, 0.25) is 0 Å². The van der Waals surface area contributed by atoms with Crippen LogP contribution >= 0.6 is 0 Å². The quantitative estimate of drug-likeness (QED) is 0.163. The number of aryl methyl sites for hydroxylation is 1. The number of hydrogen-bond donors (Lipinski definition) is 1. The van der Waals surface area contributed by atoms with Gasteiger partial charge in [0, 0.05) is 66.7 Å². The van der Waals surface area contributed by atoms with E-state index < -0.39 is 0 Å². The molecule has 0 spiro atoms. The molecule has 1 aliphatic rings. The molecule has 60 heavy (non-hydrogen) atoms. The Morgan fingerprint density at radius 2 is 1.03 bits per heavy atom. The van der Waals surface area contributed by atoms with Crippen LogP contribution in [0.25, 0.3) is 66.1 Å². The number of nitrogens with zero attached hydrogens (tertiary/aromatic N) is 3. The molecule has 5 heteroatoms. The Labute approximate surface area is 349 Å². The Kier molecular flexibility index (Phi) is 7.82. The highest BCUT2D eigenvalue weighted by Crippen LogP contribution is 2.46. The van der Waals surface area contributed by atoms with Crippen LogP contribution in [0, 0.1) is 6.92 Å². The summed E-state index contributed by atoms with van der Waals surface area (Å²) >= 11 is 0.